The molecule has 0 saturated heterocycles. The second kappa shape index (κ2) is 8.88. The van der Waals surface area contributed by atoms with Crippen LogP contribution in [0.3, 0.4) is 0 Å². The van der Waals surface area contributed by atoms with Gasteiger partial charge in [-0.2, -0.15) is 13.2 Å². The Morgan fingerprint density at radius 3 is 2.19 bits per heavy atom. The fourth-order valence-electron chi connectivity index (χ4n) is 3.65. The van der Waals surface area contributed by atoms with Crippen molar-refractivity contribution in [2.45, 2.75) is 31.3 Å². The molecule has 0 atom stereocenters. The van der Waals surface area contributed by atoms with Crippen LogP contribution in [-0.4, -0.2) is 32.5 Å². The molecule has 0 fully saturated rings. The Morgan fingerprint density at radius 1 is 1.06 bits per heavy atom. The number of rotatable bonds is 7. The average Bonchev–Trinajstić information content (AvgIpc) is 3.22. The average molecular weight is 452 g/mol. The third kappa shape index (κ3) is 5.02. The summed E-state index contributed by atoms with van der Waals surface area (Å²) in [5.74, 6) is 0. The first-order valence-corrected chi connectivity index (χ1v) is 11.7. The molecule has 1 heterocycles. The second-order valence-corrected chi connectivity index (χ2v) is 9.27. The maximum absolute atomic E-state index is 14.3. The molecule has 0 N–H and O–H groups in total. The first-order valence-electron chi connectivity index (χ1n) is 9.79. The molecule has 0 saturated carbocycles. The van der Waals surface area contributed by atoms with Gasteiger partial charge in [-0.3, -0.25) is 0 Å². The van der Waals surface area contributed by atoms with E-state index in [4.69, 9.17) is 4.74 Å². The number of nitrogens with zero attached hydrogens (tertiary/aromatic N) is 1. The van der Waals surface area contributed by atoms with Gasteiger partial charge in [0.25, 0.3) is 0 Å². The zero-order valence-corrected chi connectivity index (χ0v) is 18.3. The Balaban J connectivity index is 2.29. The van der Waals surface area contributed by atoms with Gasteiger partial charge in [-0.05, 0) is 72.9 Å². The molecule has 4 nitrogen and oxygen atoms in total. The molecule has 8 heteroatoms. The summed E-state index contributed by atoms with van der Waals surface area (Å²) < 4.78 is 73.5. The first-order chi connectivity index (χ1) is 14.5. The third-order valence-electron chi connectivity index (χ3n) is 5.15. The monoisotopic (exact) mass is 451 g/mol. The van der Waals surface area contributed by atoms with Gasteiger partial charge in [-0.1, -0.05) is 12.1 Å². The van der Waals surface area contributed by atoms with E-state index in [2.05, 4.69) is 0 Å². The number of halogens is 3. The summed E-state index contributed by atoms with van der Waals surface area (Å²) in [4.78, 5) is 0.0547. The maximum Gasteiger partial charge on any atom is 0.417 e. The van der Waals surface area contributed by atoms with E-state index in [-0.39, 0.29) is 29.1 Å². The van der Waals surface area contributed by atoms with Crippen LogP contribution in [0.5, 0.6) is 0 Å². The van der Waals surface area contributed by atoms with E-state index in [1.54, 1.807) is 42.9 Å². The summed E-state index contributed by atoms with van der Waals surface area (Å²) in [6.07, 6.45) is 0.131. The van der Waals surface area contributed by atoms with Crippen LogP contribution in [-0.2, 0) is 27.2 Å². The molecule has 2 aromatic carbocycles. The van der Waals surface area contributed by atoms with Crippen molar-refractivity contribution in [2.75, 3.05) is 19.5 Å². The number of hydrogen-bond donors (Lipinski definition) is 0. The molecule has 0 amide bonds. The zero-order valence-electron chi connectivity index (χ0n) is 17.5. The smallest absolute Gasteiger partial charge is 0.381 e. The van der Waals surface area contributed by atoms with Gasteiger partial charge in [0.05, 0.1) is 17.1 Å². The molecular weight excluding hydrogens is 427 g/mol. The number of alkyl halides is 3. The molecule has 0 aliphatic rings. The Morgan fingerprint density at radius 2 is 1.68 bits per heavy atom. The van der Waals surface area contributed by atoms with Crippen molar-refractivity contribution in [3.8, 4) is 16.8 Å². The van der Waals surface area contributed by atoms with Gasteiger partial charge in [-0.15, -0.1) is 0 Å². The Bertz CT molecular complexity index is 1150. The van der Waals surface area contributed by atoms with Crippen LogP contribution in [0.1, 0.15) is 23.6 Å². The summed E-state index contributed by atoms with van der Waals surface area (Å²) in [6, 6.07) is 10.6. The van der Waals surface area contributed by atoms with E-state index in [1.807, 2.05) is 0 Å². The van der Waals surface area contributed by atoms with Crippen LogP contribution in [0.2, 0.25) is 0 Å². The Hall–Kier alpha value is -2.58. The summed E-state index contributed by atoms with van der Waals surface area (Å²) in [6.45, 7) is 4.06. The predicted octanol–water partition coefficient (Wildman–Crippen LogP) is 5.45. The van der Waals surface area contributed by atoms with Crippen LogP contribution in [0, 0.1) is 6.92 Å². The topological polar surface area (TPSA) is 48.3 Å². The van der Waals surface area contributed by atoms with E-state index >= 15 is 0 Å². The SMILES string of the molecule is CCOCCc1c(C)c(-n2cccc2)cc(-c2ccc(S(C)(=O)=O)cc2)c1C(F)(F)F. The molecule has 3 rings (SSSR count). The number of aromatic nitrogens is 1. The fraction of sp³-hybridized carbons (Fsp3) is 0.304. The molecule has 1 aromatic heterocycles. The van der Waals surface area contributed by atoms with Crippen LogP contribution < -0.4 is 0 Å². The lowest BCUT2D eigenvalue weighted by Crippen LogP contribution is -2.16. The Labute approximate surface area is 180 Å². The maximum atomic E-state index is 14.3. The molecule has 3 aromatic rings. The zero-order chi connectivity index (χ0) is 22.8. The molecule has 0 unspecified atom stereocenters. The van der Waals surface area contributed by atoms with Crippen molar-refractivity contribution in [1.29, 1.82) is 0 Å². The van der Waals surface area contributed by atoms with Gasteiger partial charge in [0, 0.05) is 30.9 Å². The van der Waals surface area contributed by atoms with Gasteiger partial charge < -0.3 is 9.30 Å². The number of benzene rings is 2. The molecule has 166 valence electrons. The van der Waals surface area contributed by atoms with E-state index in [1.165, 1.54) is 30.3 Å². The molecule has 0 spiro atoms. The van der Waals surface area contributed by atoms with Gasteiger partial charge in [0.1, 0.15) is 0 Å². The van der Waals surface area contributed by atoms with Crippen LogP contribution >= 0.6 is 0 Å². The quantitative estimate of drug-likeness (QED) is 0.449. The molecule has 0 bridgehead atoms. The summed E-state index contributed by atoms with van der Waals surface area (Å²) in [7, 11) is -3.46. The lowest BCUT2D eigenvalue weighted by Gasteiger charge is -2.23. The van der Waals surface area contributed by atoms with Gasteiger partial charge in [0.15, 0.2) is 9.84 Å². The predicted molar refractivity (Wildman–Crippen MR) is 114 cm³/mol. The molecule has 0 aliphatic carbocycles. The number of ether oxygens (including phenoxy) is 1. The van der Waals surface area contributed by atoms with Crippen LogP contribution in [0.25, 0.3) is 16.8 Å². The molecule has 31 heavy (non-hydrogen) atoms. The van der Waals surface area contributed by atoms with Gasteiger partial charge >= 0.3 is 6.18 Å². The lowest BCUT2D eigenvalue weighted by molar-refractivity contribution is -0.137. The summed E-state index contributed by atoms with van der Waals surface area (Å²) in [5, 5.41) is 0. The van der Waals surface area contributed by atoms with Crippen molar-refractivity contribution in [1.82, 2.24) is 4.57 Å². The van der Waals surface area contributed by atoms with Crippen molar-refractivity contribution < 1.29 is 26.3 Å². The van der Waals surface area contributed by atoms with E-state index < -0.39 is 21.6 Å². The van der Waals surface area contributed by atoms with Crippen molar-refractivity contribution in [3.05, 3.63) is 71.5 Å². The van der Waals surface area contributed by atoms with Crippen LogP contribution in [0.4, 0.5) is 13.2 Å². The van der Waals surface area contributed by atoms with Crippen molar-refractivity contribution >= 4 is 9.84 Å². The highest BCUT2D eigenvalue weighted by molar-refractivity contribution is 7.90. The van der Waals surface area contributed by atoms with Gasteiger partial charge in [0.2, 0.25) is 0 Å². The minimum atomic E-state index is -4.59. The lowest BCUT2D eigenvalue weighted by atomic mass is 9.89. The highest BCUT2D eigenvalue weighted by Crippen LogP contribution is 2.43. The van der Waals surface area contributed by atoms with E-state index in [0.717, 1.165) is 6.26 Å². The fourth-order valence-corrected chi connectivity index (χ4v) is 4.28. The molecule has 0 aliphatic heterocycles. The Kier molecular flexibility index (Phi) is 6.62. The number of sulfone groups is 1. The minimum absolute atomic E-state index is 0.00773. The number of hydrogen-bond acceptors (Lipinski definition) is 3. The normalized spacial score (nSPS) is 12.3. The van der Waals surface area contributed by atoms with Crippen molar-refractivity contribution in [2.24, 2.45) is 0 Å². The highest BCUT2D eigenvalue weighted by Gasteiger charge is 2.38. The summed E-state index contributed by atoms with van der Waals surface area (Å²) >= 11 is 0. The van der Waals surface area contributed by atoms with Crippen molar-refractivity contribution in [3.63, 3.8) is 0 Å². The first kappa shape index (κ1) is 23.1. The third-order valence-corrected chi connectivity index (χ3v) is 6.28. The largest absolute Gasteiger partial charge is 0.417 e. The van der Waals surface area contributed by atoms with Crippen LogP contribution in [0.15, 0.2) is 59.8 Å². The summed E-state index contributed by atoms with van der Waals surface area (Å²) in [5.41, 5.74) is 0.924. The van der Waals surface area contributed by atoms with E-state index in [0.29, 0.717) is 23.4 Å². The standard InChI is InChI=1S/C23H24F3NO3S/c1-4-30-14-11-19-16(2)21(27-12-5-6-13-27)15-20(22(19)23(24,25)26)17-7-9-18(10-8-17)31(3,28)29/h5-10,12-13,15H,4,11,14H2,1-3H3. The highest BCUT2D eigenvalue weighted by atomic mass is 32.2. The van der Waals surface area contributed by atoms with Gasteiger partial charge in [-0.25, -0.2) is 8.42 Å². The second-order valence-electron chi connectivity index (χ2n) is 7.25. The van der Waals surface area contributed by atoms with E-state index in [9.17, 15) is 21.6 Å². The molecular formula is C23H24F3NO3S. The minimum Gasteiger partial charge on any atom is -0.381 e. The molecule has 0 radical (unpaired) electrons.